The van der Waals surface area contributed by atoms with E-state index in [0.717, 1.165) is 0 Å². The lowest BCUT2D eigenvalue weighted by Gasteiger charge is -2.06. The standard InChI is InChI=1S/C12H25N/c1-4-7-8-9-11-13-12(6-3)10-5-2/h11-12H,4-10H2,1-3H3. The maximum Gasteiger partial charge on any atom is 0.0493 e. The van der Waals surface area contributed by atoms with Crippen molar-refractivity contribution in [3.8, 4) is 0 Å². The van der Waals surface area contributed by atoms with Gasteiger partial charge in [-0.05, 0) is 31.9 Å². The highest BCUT2D eigenvalue weighted by Crippen LogP contribution is 2.06. The van der Waals surface area contributed by atoms with Gasteiger partial charge in [0, 0.05) is 6.04 Å². The molecule has 0 aromatic heterocycles. The van der Waals surface area contributed by atoms with E-state index in [4.69, 9.17) is 0 Å². The Kier molecular flexibility index (Phi) is 9.51. The predicted molar refractivity (Wildman–Crippen MR) is 61.6 cm³/mol. The van der Waals surface area contributed by atoms with Crippen LogP contribution in [0.15, 0.2) is 4.99 Å². The zero-order chi connectivity index (χ0) is 9.94. The predicted octanol–water partition coefficient (Wildman–Crippen LogP) is 4.22. The molecule has 0 saturated carbocycles. The zero-order valence-corrected chi connectivity index (χ0v) is 9.55. The highest BCUT2D eigenvalue weighted by Gasteiger charge is 1.99. The Hall–Kier alpha value is -0.330. The SMILES string of the molecule is CCCCCC=NC(CC)CCC. The molecule has 0 aromatic rings. The summed E-state index contributed by atoms with van der Waals surface area (Å²) in [5, 5.41) is 0. The first kappa shape index (κ1) is 12.7. The monoisotopic (exact) mass is 183 g/mol. The molecule has 0 heterocycles. The van der Waals surface area contributed by atoms with Crippen LogP contribution in [0.25, 0.3) is 0 Å². The van der Waals surface area contributed by atoms with Gasteiger partial charge in [-0.25, -0.2) is 0 Å². The van der Waals surface area contributed by atoms with Gasteiger partial charge >= 0.3 is 0 Å². The van der Waals surface area contributed by atoms with Crippen molar-refractivity contribution in [2.75, 3.05) is 0 Å². The molecule has 0 aliphatic carbocycles. The van der Waals surface area contributed by atoms with Crippen LogP contribution in [0.5, 0.6) is 0 Å². The second kappa shape index (κ2) is 9.76. The quantitative estimate of drug-likeness (QED) is 0.395. The van der Waals surface area contributed by atoms with Crippen LogP contribution in [-0.4, -0.2) is 12.3 Å². The molecule has 0 aliphatic heterocycles. The molecule has 0 N–H and O–H groups in total. The second-order valence-electron chi connectivity index (χ2n) is 3.68. The smallest absolute Gasteiger partial charge is 0.0493 e. The van der Waals surface area contributed by atoms with E-state index in [0.29, 0.717) is 6.04 Å². The molecule has 1 nitrogen and oxygen atoms in total. The molecule has 0 radical (unpaired) electrons. The van der Waals surface area contributed by atoms with Crippen molar-refractivity contribution in [3.63, 3.8) is 0 Å². The molecule has 1 unspecified atom stereocenters. The maximum atomic E-state index is 4.58. The van der Waals surface area contributed by atoms with Crippen LogP contribution in [0.1, 0.15) is 65.7 Å². The van der Waals surface area contributed by atoms with Gasteiger partial charge in [0.15, 0.2) is 0 Å². The Morgan fingerprint density at radius 3 is 2.38 bits per heavy atom. The first-order valence-corrected chi connectivity index (χ1v) is 5.86. The molecule has 0 aromatic carbocycles. The fourth-order valence-electron chi connectivity index (χ4n) is 1.43. The van der Waals surface area contributed by atoms with Crippen molar-refractivity contribution in [2.24, 2.45) is 4.99 Å². The fraction of sp³-hybridized carbons (Fsp3) is 0.917. The number of nitrogens with zero attached hydrogens (tertiary/aromatic N) is 1. The molecule has 78 valence electrons. The second-order valence-corrected chi connectivity index (χ2v) is 3.68. The number of hydrogen-bond donors (Lipinski definition) is 0. The Morgan fingerprint density at radius 1 is 1.08 bits per heavy atom. The minimum Gasteiger partial charge on any atom is -0.294 e. The summed E-state index contributed by atoms with van der Waals surface area (Å²) >= 11 is 0. The minimum absolute atomic E-state index is 0.589. The molecule has 0 aliphatic rings. The summed E-state index contributed by atoms with van der Waals surface area (Å²) in [4.78, 5) is 4.58. The van der Waals surface area contributed by atoms with Gasteiger partial charge in [-0.3, -0.25) is 4.99 Å². The Labute approximate surface area is 83.6 Å². The number of unbranched alkanes of at least 4 members (excludes halogenated alkanes) is 3. The van der Waals surface area contributed by atoms with Gasteiger partial charge in [-0.1, -0.05) is 40.0 Å². The lowest BCUT2D eigenvalue weighted by Crippen LogP contribution is -2.01. The zero-order valence-electron chi connectivity index (χ0n) is 9.55. The summed E-state index contributed by atoms with van der Waals surface area (Å²) in [7, 11) is 0. The summed E-state index contributed by atoms with van der Waals surface area (Å²) in [6.07, 6.45) is 11.0. The number of hydrogen-bond acceptors (Lipinski definition) is 1. The lowest BCUT2D eigenvalue weighted by atomic mass is 10.1. The van der Waals surface area contributed by atoms with E-state index in [1.807, 2.05) is 0 Å². The third-order valence-corrected chi connectivity index (χ3v) is 2.35. The largest absolute Gasteiger partial charge is 0.294 e. The molecule has 0 saturated heterocycles. The van der Waals surface area contributed by atoms with Gasteiger partial charge in [0.25, 0.3) is 0 Å². The molecule has 0 rings (SSSR count). The van der Waals surface area contributed by atoms with Gasteiger partial charge in [-0.2, -0.15) is 0 Å². The molecule has 0 amide bonds. The van der Waals surface area contributed by atoms with Crippen molar-refractivity contribution < 1.29 is 0 Å². The van der Waals surface area contributed by atoms with Gasteiger partial charge < -0.3 is 0 Å². The Balaban J connectivity index is 3.42. The molecule has 1 atom stereocenters. The van der Waals surface area contributed by atoms with Gasteiger partial charge in [-0.15, -0.1) is 0 Å². The van der Waals surface area contributed by atoms with Crippen molar-refractivity contribution in [1.82, 2.24) is 0 Å². The maximum absolute atomic E-state index is 4.58. The van der Waals surface area contributed by atoms with E-state index in [1.54, 1.807) is 0 Å². The molecule has 0 bridgehead atoms. The molecule has 0 spiro atoms. The highest BCUT2D eigenvalue weighted by atomic mass is 14.8. The van der Waals surface area contributed by atoms with E-state index < -0.39 is 0 Å². The lowest BCUT2D eigenvalue weighted by molar-refractivity contribution is 0.589. The highest BCUT2D eigenvalue weighted by molar-refractivity contribution is 5.57. The minimum atomic E-state index is 0.589. The fourth-order valence-corrected chi connectivity index (χ4v) is 1.43. The van der Waals surface area contributed by atoms with Gasteiger partial charge in [0.1, 0.15) is 0 Å². The van der Waals surface area contributed by atoms with Crippen LogP contribution in [-0.2, 0) is 0 Å². The van der Waals surface area contributed by atoms with E-state index in [2.05, 4.69) is 32.0 Å². The van der Waals surface area contributed by atoms with Gasteiger partial charge in [0.2, 0.25) is 0 Å². The number of aliphatic imine (C=N–C) groups is 1. The van der Waals surface area contributed by atoms with Crippen molar-refractivity contribution in [3.05, 3.63) is 0 Å². The average molecular weight is 183 g/mol. The van der Waals surface area contributed by atoms with Gasteiger partial charge in [0.05, 0.1) is 0 Å². The topological polar surface area (TPSA) is 12.4 Å². The van der Waals surface area contributed by atoms with Crippen LogP contribution in [0, 0.1) is 0 Å². The average Bonchev–Trinajstić information content (AvgIpc) is 2.16. The van der Waals surface area contributed by atoms with E-state index in [1.165, 1.54) is 44.9 Å². The van der Waals surface area contributed by atoms with E-state index >= 15 is 0 Å². The van der Waals surface area contributed by atoms with Crippen molar-refractivity contribution in [2.45, 2.75) is 71.8 Å². The summed E-state index contributed by atoms with van der Waals surface area (Å²) in [6.45, 7) is 6.70. The Bertz CT molecular complexity index is 118. The molecular weight excluding hydrogens is 158 g/mol. The normalized spacial score (nSPS) is 13.8. The molecule has 0 fully saturated rings. The third-order valence-electron chi connectivity index (χ3n) is 2.35. The summed E-state index contributed by atoms with van der Waals surface area (Å²) in [5.74, 6) is 0. The van der Waals surface area contributed by atoms with Crippen LogP contribution < -0.4 is 0 Å². The number of rotatable bonds is 8. The van der Waals surface area contributed by atoms with Crippen molar-refractivity contribution in [1.29, 1.82) is 0 Å². The van der Waals surface area contributed by atoms with Crippen LogP contribution in [0.2, 0.25) is 0 Å². The third kappa shape index (κ3) is 8.01. The molecule has 1 heteroatoms. The van der Waals surface area contributed by atoms with Crippen LogP contribution in [0.3, 0.4) is 0 Å². The van der Waals surface area contributed by atoms with E-state index in [-0.39, 0.29) is 0 Å². The van der Waals surface area contributed by atoms with E-state index in [9.17, 15) is 0 Å². The van der Waals surface area contributed by atoms with Crippen LogP contribution >= 0.6 is 0 Å². The summed E-state index contributed by atoms with van der Waals surface area (Å²) < 4.78 is 0. The summed E-state index contributed by atoms with van der Waals surface area (Å²) in [6, 6.07) is 0.589. The first-order chi connectivity index (χ1) is 6.35. The Morgan fingerprint density at radius 2 is 1.85 bits per heavy atom. The van der Waals surface area contributed by atoms with Crippen molar-refractivity contribution >= 4 is 6.21 Å². The first-order valence-electron chi connectivity index (χ1n) is 5.86. The molecule has 13 heavy (non-hydrogen) atoms. The van der Waals surface area contributed by atoms with Crippen LogP contribution in [0.4, 0.5) is 0 Å². The summed E-state index contributed by atoms with van der Waals surface area (Å²) in [5.41, 5.74) is 0. The molecular formula is C12H25N.